The maximum atomic E-state index is 11.5. The zero-order valence-electron chi connectivity index (χ0n) is 8.56. The highest BCUT2D eigenvalue weighted by molar-refractivity contribution is 7.50. The van der Waals surface area contributed by atoms with Crippen molar-refractivity contribution in [2.75, 3.05) is 0 Å². The Labute approximate surface area is 104 Å². The second kappa shape index (κ2) is 6.48. The highest BCUT2D eigenvalue weighted by Crippen LogP contribution is 2.52. The maximum absolute atomic E-state index is 11.5. The highest BCUT2D eigenvalue weighted by atomic mass is 35.5. The summed E-state index contributed by atoms with van der Waals surface area (Å²) in [7, 11) is -3.92. The van der Waals surface area contributed by atoms with Gasteiger partial charge in [-0.2, -0.15) is 8.15 Å². The van der Waals surface area contributed by atoms with E-state index in [1.807, 2.05) is 19.1 Å². The van der Waals surface area contributed by atoms with Crippen molar-refractivity contribution in [2.45, 2.75) is 19.8 Å². The summed E-state index contributed by atoms with van der Waals surface area (Å²) in [5.41, 5.74) is 0.882. The van der Waals surface area contributed by atoms with Gasteiger partial charge in [0.1, 0.15) is 5.75 Å². The van der Waals surface area contributed by atoms with Gasteiger partial charge in [-0.15, -0.1) is 0 Å². The molecule has 0 N–H and O–H groups in total. The lowest BCUT2D eigenvalue weighted by Crippen LogP contribution is -1.96. The topological polar surface area (TPSA) is 44.8 Å². The Morgan fingerprint density at radius 2 is 1.88 bits per heavy atom. The second-order valence-corrected chi connectivity index (χ2v) is 5.22. The molecule has 1 aromatic carbocycles. The SMILES string of the molecule is CCCc1ccccc1OP(=O)(OCl)OCl. The van der Waals surface area contributed by atoms with Crippen molar-refractivity contribution in [1.82, 2.24) is 0 Å². The largest absolute Gasteiger partial charge is 0.563 e. The van der Waals surface area contributed by atoms with Crippen LogP contribution in [-0.4, -0.2) is 0 Å². The predicted octanol–water partition coefficient (Wildman–Crippen LogP) is 4.47. The van der Waals surface area contributed by atoms with Gasteiger partial charge in [-0.1, -0.05) is 31.5 Å². The molecule has 0 aliphatic heterocycles. The fourth-order valence-electron chi connectivity index (χ4n) is 1.23. The molecular weight excluding hydrogens is 274 g/mol. The van der Waals surface area contributed by atoms with Gasteiger partial charge in [0.05, 0.1) is 23.7 Å². The standard InChI is InChI=1S/C9H11Cl2O4P/c1-2-5-8-6-3-4-7-9(8)13-16(12,14-10)15-11/h3-4,6-7H,2,5H2,1H3. The summed E-state index contributed by atoms with van der Waals surface area (Å²) in [5, 5.41) is 0. The summed E-state index contributed by atoms with van der Waals surface area (Å²) < 4.78 is 24.7. The van der Waals surface area contributed by atoms with Gasteiger partial charge >= 0.3 is 7.82 Å². The number of para-hydroxylation sites is 1. The van der Waals surface area contributed by atoms with E-state index >= 15 is 0 Å². The number of hydrogen-bond acceptors (Lipinski definition) is 4. The summed E-state index contributed by atoms with van der Waals surface area (Å²) in [4.78, 5) is 0. The molecular formula is C9H11Cl2O4P. The molecule has 0 fully saturated rings. The molecule has 0 heterocycles. The molecule has 0 saturated heterocycles. The van der Waals surface area contributed by atoms with E-state index in [1.54, 1.807) is 12.1 Å². The minimum atomic E-state index is -3.92. The molecule has 0 unspecified atom stereocenters. The van der Waals surface area contributed by atoms with E-state index in [0.29, 0.717) is 5.75 Å². The fourth-order valence-corrected chi connectivity index (χ4v) is 2.15. The van der Waals surface area contributed by atoms with Crippen LogP contribution in [0.25, 0.3) is 0 Å². The summed E-state index contributed by atoms with van der Waals surface area (Å²) in [6.07, 6.45) is 1.70. The lowest BCUT2D eigenvalue weighted by atomic mass is 10.1. The molecule has 1 rings (SSSR count). The number of hydrogen-bond donors (Lipinski definition) is 0. The second-order valence-electron chi connectivity index (χ2n) is 3.03. The molecule has 7 heteroatoms. The summed E-state index contributed by atoms with van der Waals surface area (Å²) in [6.45, 7) is 2.02. The third-order valence-corrected chi connectivity index (χ3v) is 3.64. The van der Waals surface area contributed by atoms with Gasteiger partial charge in [-0.3, -0.25) is 0 Å². The van der Waals surface area contributed by atoms with Crippen molar-refractivity contribution >= 4 is 31.6 Å². The van der Waals surface area contributed by atoms with Gasteiger partial charge in [0, 0.05) is 0 Å². The maximum Gasteiger partial charge on any atom is 0.563 e. The molecule has 0 aromatic heterocycles. The van der Waals surface area contributed by atoms with Crippen LogP contribution in [-0.2, 0) is 19.1 Å². The molecule has 90 valence electrons. The first kappa shape index (κ1) is 13.8. The summed E-state index contributed by atoms with van der Waals surface area (Å²) >= 11 is 9.98. The molecule has 0 amide bonds. The van der Waals surface area contributed by atoms with Crippen LogP contribution in [0, 0.1) is 0 Å². The molecule has 0 bridgehead atoms. The number of halogens is 2. The van der Waals surface area contributed by atoms with Crippen LogP contribution >= 0.6 is 31.6 Å². The van der Waals surface area contributed by atoms with Crippen molar-refractivity contribution in [1.29, 1.82) is 0 Å². The van der Waals surface area contributed by atoms with Crippen LogP contribution in [0.15, 0.2) is 24.3 Å². The minimum Gasteiger partial charge on any atom is -0.402 e. The molecule has 0 spiro atoms. The van der Waals surface area contributed by atoms with Crippen molar-refractivity contribution in [3.8, 4) is 5.75 Å². The Balaban J connectivity index is 2.91. The first-order chi connectivity index (χ1) is 7.65. The molecule has 0 atom stereocenters. The van der Waals surface area contributed by atoms with E-state index in [0.717, 1.165) is 18.4 Å². The molecule has 1 aromatic rings. The van der Waals surface area contributed by atoms with E-state index in [1.165, 1.54) is 0 Å². The van der Waals surface area contributed by atoms with Gasteiger partial charge in [0.2, 0.25) is 0 Å². The van der Waals surface area contributed by atoms with E-state index < -0.39 is 7.82 Å². The van der Waals surface area contributed by atoms with Crippen molar-refractivity contribution in [2.24, 2.45) is 0 Å². The molecule has 0 aliphatic rings. The average molecular weight is 285 g/mol. The van der Waals surface area contributed by atoms with Crippen LogP contribution in [0.5, 0.6) is 5.75 Å². The lowest BCUT2D eigenvalue weighted by molar-refractivity contribution is 0.317. The normalized spacial score (nSPS) is 11.4. The van der Waals surface area contributed by atoms with Crippen LogP contribution in [0.4, 0.5) is 0 Å². The van der Waals surface area contributed by atoms with Crippen LogP contribution in [0.3, 0.4) is 0 Å². The smallest absolute Gasteiger partial charge is 0.402 e. The molecule has 4 nitrogen and oxygen atoms in total. The van der Waals surface area contributed by atoms with Crippen LogP contribution in [0.2, 0.25) is 0 Å². The zero-order chi connectivity index (χ0) is 12.0. The first-order valence-electron chi connectivity index (χ1n) is 4.63. The zero-order valence-corrected chi connectivity index (χ0v) is 11.0. The summed E-state index contributed by atoms with van der Waals surface area (Å²) in [6, 6.07) is 7.09. The third kappa shape index (κ3) is 3.65. The number of aryl methyl sites for hydroxylation is 1. The summed E-state index contributed by atoms with van der Waals surface area (Å²) in [5.74, 6) is 0.383. The predicted molar refractivity (Wildman–Crippen MR) is 62.5 cm³/mol. The van der Waals surface area contributed by atoms with E-state index in [2.05, 4.69) is 8.15 Å². The average Bonchev–Trinajstić information content (AvgIpc) is 2.32. The van der Waals surface area contributed by atoms with Gasteiger partial charge in [0.15, 0.2) is 0 Å². The van der Waals surface area contributed by atoms with E-state index in [-0.39, 0.29) is 0 Å². The Hall–Kier alpha value is -0.250. The molecule has 16 heavy (non-hydrogen) atoms. The number of benzene rings is 1. The monoisotopic (exact) mass is 284 g/mol. The molecule has 0 aliphatic carbocycles. The first-order valence-corrected chi connectivity index (χ1v) is 6.71. The Morgan fingerprint density at radius 1 is 1.25 bits per heavy atom. The quantitative estimate of drug-likeness (QED) is 0.723. The Kier molecular flexibility index (Phi) is 5.59. The minimum absolute atomic E-state index is 0.383. The van der Waals surface area contributed by atoms with Gasteiger partial charge in [-0.05, 0) is 18.1 Å². The van der Waals surface area contributed by atoms with Crippen LogP contribution in [0.1, 0.15) is 18.9 Å². The van der Waals surface area contributed by atoms with Crippen LogP contribution < -0.4 is 4.52 Å². The number of phosphoric acid groups is 1. The van der Waals surface area contributed by atoms with E-state index in [4.69, 9.17) is 28.3 Å². The van der Waals surface area contributed by atoms with Gasteiger partial charge in [-0.25, -0.2) is 4.57 Å². The lowest BCUT2D eigenvalue weighted by Gasteiger charge is -2.13. The Bertz CT molecular complexity index is 378. The Morgan fingerprint density at radius 3 is 2.44 bits per heavy atom. The van der Waals surface area contributed by atoms with Gasteiger partial charge < -0.3 is 4.52 Å². The van der Waals surface area contributed by atoms with Gasteiger partial charge in [0.25, 0.3) is 0 Å². The molecule has 0 radical (unpaired) electrons. The molecule has 0 saturated carbocycles. The fraction of sp³-hybridized carbons (Fsp3) is 0.333. The highest BCUT2D eigenvalue weighted by Gasteiger charge is 2.29. The van der Waals surface area contributed by atoms with Crippen molar-refractivity contribution in [3.63, 3.8) is 0 Å². The number of rotatable bonds is 6. The van der Waals surface area contributed by atoms with Crippen molar-refractivity contribution in [3.05, 3.63) is 29.8 Å². The van der Waals surface area contributed by atoms with E-state index in [9.17, 15) is 4.57 Å². The third-order valence-electron chi connectivity index (χ3n) is 1.87. The van der Waals surface area contributed by atoms with Crippen molar-refractivity contribution < 1.29 is 17.2 Å².